The topological polar surface area (TPSA) is 54.2 Å². The van der Waals surface area contributed by atoms with Gasteiger partial charge < -0.3 is 14.6 Å². The van der Waals surface area contributed by atoms with Crippen LogP contribution in [0, 0.1) is 0 Å². The molecule has 1 aromatic heterocycles. The molecule has 0 aliphatic carbocycles. The van der Waals surface area contributed by atoms with Crippen molar-refractivity contribution in [2.24, 2.45) is 0 Å². The van der Waals surface area contributed by atoms with Gasteiger partial charge in [0.2, 0.25) is 5.89 Å². The quantitative estimate of drug-likeness (QED) is 0.917. The lowest BCUT2D eigenvalue weighted by Crippen LogP contribution is -2.16. The minimum atomic E-state index is 0.528. The van der Waals surface area contributed by atoms with Crippen molar-refractivity contribution in [3.63, 3.8) is 0 Å². The lowest BCUT2D eigenvalue weighted by atomic mass is 10.2. The molecule has 0 bridgehead atoms. The molecule has 18 heavy (non-hydrogen) atoms. The molecule has 0 amide bonds. The zero-order valence-electron chi connectivity index (χ0n) is 10.4. The van der Waals surface area contributed by atoms with Crippen LogP contribution in [0.4, 0.5) is 6.01 Å². The fourth-order valence-corrected chi connectivity index (χ4v) is 2.05. The smallest absolute Gasteiger partial charge is 0.318 e. The second-order valence-electron chi connectivity index (χ2n) is 3.99. The predicted molar refractivity (Wildman–Crippen MR) is 73.3 cm³/mol. The maximum absolute atomic E-state index is 5.52. The summed E-state index contributed by atoms with van der Waals surface area (Å²) in [6, 6.07) is 8.67. The average molecular weight is 311 g/mol. The molecule has 5 nitrogen and oxygen atoms in total. The van der Waals surface area contributed by atoms with Crippen molar-refractivity contribution in [2.75, 3.05) is 19.0 Å². The zero-order valence-corrected chi connectivity index (χ0v) is 11.9. The van der Waals surface area contributed by atoms with E-state index in [9.17, 15) is 0 Å². The maximum atomic E-state index is 5.52. The van der Waals surface area contributed by atoms with Gasteiger partial charge in [0.1, 0.15) is 0 Å². The number of rotatable bonds is 5. The van der Waals surface area contributed by atoms with Crippen LogP contribution in [0.15, 0.2) is 33.2 Å². The Kier molecular flexibility index (Phi) is 4.33. The summed E-state index contributed by atoms with van der Waals surface area (Å²) in [5.41, 5.74) is 1.18. The molecule has 0 atom stereocenters. The van der Waals surface area contributed by atoms with E-state index in [0.717, 1.165) is 11.0 Å². The molecule has 2 aromatic rings. The molecular weight excluding hydrogens is 296 g/mol. The summed E-state index contributed by atoms with van der Waals surface area (Å²) in [7, 11) is 3.77. The summed E-state index contributed by atoms with van der Waals surface area (Å²) in [5, 5.41) is 10.9. The minimum absolute atomic E-state index is 0.528. The highest BCUT2D eigenvalue weighted by Gasteiger charge is 2.10. The van der Waals surface area contributed by atoms with Gasteiger partial charge in [-0.05, 0) is 24.7 Å². The van der Waals surface area contributed by atoms with Crippen LogP contribution in [-0.2, 0) is 13.1 Å². The number of nitrogens with zero attached hydrogens (tertiary/aromatic N) is 3. The summed E-state index contributed by atoms with van der Waals surface area (Å²) in [5.74, 6) is 0.591. The summed E-state index contributed by atoms with van der Waals surface area (Å²) in [4.78, 5) is 1.92. The van der Waals surface area contributed by atoms with Crippen molar-refractivity contribution in [1.82, 2.24) is 15.5 Å². The lowest BCUT2D eigenvalue weighted by molar-refractivity contribution is 0.475. The third kappa shape index (κ3) is 3.30. The average Bonchev–Trinajstić information content (AvgIpc) is 2.78. The van der Waals surface area contributed by atoms with Gasteiger partial charge in [-0.25, -0.2) is 0 Å². The first-order chi connectivity index (χ1) is 8.69. The number of benzene rings is 1. The van der Waals surface area contributed by atoms with Gasteiger partial charge in [-0.15, -0.1) is 5.10 Å². The van der Waals surface area contributed by atoms with Gasteiger partial charge in [0.05, 0.1) is 6.54 Å². The molecule has 96 valence electrons. The van der Waals surface area contributed by atoms with E-state index in [1.165, 1.54) is 5.56 Å². The van der Waals surface area contributed by atoms with E-state index in [1.54, 1.807) is 0 Å². The Bertz CT molecular complexity index is 514. The van der Waals surface area contributed by atoms with Crippen LogP contribution in [0.25, 0.3) is 0 Å². The Morgan fingerprint density at radius 2 is 2.22 bits per heavy atom. The van der Waals surface area contributed by atoms with Gasteiger partial charge in [0, 0.05) is 18.1 Å². The SMILES string of the molecule is CNCc1nnc(N(C)Cc2cccc(Br)c2)o1. The molecule has 0 unspecified atom stereocenters. The van der Waals surface area contributed by atoms with E-state index in [4.69, 9.17) is 4.42 Å². The summed E-state index contributed by atoms with van der Waals surface area (Å²) in [6.07, 6.45) is 0. The van der Waals surface area contributed by atoms with Gasteiger partial charge in [0.25, 0.3) is 0 Å². The van der Waals surface area contributed by atoms with Gasteiger partial charge in [-0.1, -0.05) is 33.2 Å². The van der Waals surface area contributed by atoms with Gasteiger partial charge >= 0.3 is 6.01 Å². The van der Waals surface area contributed by atoms with Crippen LogP contribution in [-0.4, -0.2) is 24.3 Å². The predicted octanol–water partition coefficient (Wildman–Crippen LogP) is 2.19. The van der Waals surface area contributed by atoms with E-state index in [2.05, 4.69) is 43.6 Å². The largest absolute Gasteiger partial charge is 0.407 e. The van der Waals surface area contributed by atoms with Crippen LogP contribution in [0.2, 0.25) is 0 Å². The summed E-state index contributed by atoms with van der Waals surface area (Å²) < 4.78 is 6.58. The van der Waals surface area contributed by atoms with Crippen molar-refractivity contribution in [1.29, 1.82) is 0 Å². The van der Waals surface area contributed by atoms with Gasteiger partial charge in [0.15, 0.2) is 0 Å². The zero-order chi connectivity index (χ0) is 13.0. The molecule has 0 aliphatic rings. The van der Waals surface area contributed by atoms with E-state index in [1.807, 2.05) is 31.1 Å². The molecule has 0 saturated carbocycles. The number of anilines is 1. The normalized spacial score (nSPS) is 10.6. The Morgan fingerprint density at radius 3 is 2.94 bits per heavy atom. The molecule has 1 N–H and O–H groups in total. The van der Waals surface area contributed by atoms with Crippen LogP contribution >= 0.6 is 15.9 Å². The van der Waals surface area contributed by atoms with Crippen LogP contribution < -0.4 is 10.2 Å². The fourth-order valence-electron chi connectivity index (χ4n) is 1.60. The third-order valence-corrected chi connectivity index (χ3v) is 2.91. The fraction of sp³-hybridized carbons (Fsp3) is 0.333. The Morgan fingerprint density at radius 1 is 1.39 bits per heavy atom. The summed E-state index contributed by atoms with van der Waals surface area (Å²) in [6.45, 7) is 1.30. The number of halogens is 1. The monoisotopic (exact) mass is 310 g/mol. The van der Waals surface area contributed by atoms with E-state index in [0.29, 0.717) is 18.5 Å². The number of hydrogen-bond acceptors (Lipinski definition) is 5. The van der Waals surface area contributed by atoms with Crippen molar-refractivity contribution < 1.29 is 4.42 Å². The molecule has 1 aromatic carbocycles. The highest BCUT2D eigenvalue weighted by atomic mass is 79.9. The van der Waals surface area contributed by atoms with Gasteiger partial charge in [-0.2, -0.15) is 0 Å². The second kappa shape index (κ2) is 5.97. The number of hydrogen-bond donors (Lipinski definition) is 1. The molecule has 6 heteroatoms. The molecule has 1 heterocycles. The van der Waals surface area contributed by atoms with Crippen LogP contribution in [0.5, 0.6) is 0 Å². The molecule has 0 spiro atoms. The standard InChI is InChI=1S/C12H15BrN4O/c1-14-7-11-15-16-12(18-11)17(2)8-9-4-3-5-10(13)6-9/h3-6,14H,7-8H2,1-2H3. The Hall–Kier alpha value is -1.40. The summed E-state index contributed by atoms with van der Waals surface area (Å²) >= 11 is 3.45. The molecule has 0 fully saturated rings. The lowest BCUT2D eigenvalue weighted by Gasteiger charge is -2.13. The molecular formula is C12H15BrN4O. The first-order valence-electron chi connectivity index (χ1n) is 5.61. The van der Waals surface area contributed by atoms with Crippen molar-refractivity contribution in [3.05, 3.63) is 40.2 Å². The molecule has 2 rings (SSSR count). The molecule has 0 saturated heterocycles. The van der Waals surface area contributed by atoms with Gasteiger partial charge in [-0.3, -0.25) is 0 Å². The highest BCUT2D eigenvalue weighted by molar-refractivity contribution is 9.10. The highest BCUT2D eigenvalue weighted by Crippen LogP contribution is 2.16. The van der Waals surface area contributed by atoms with Crippen molar-refractivity contribution >= 4 is 21.9 Å². The van der Waals surface area contributed by atoms with Crippen LogP contribution in [0.3, 0.4) is 0 Å². The van der Waals surface area contributed by atoms with Crippen LogP contribution in [0.1, 0.15) is 11.5 Å². The third-order valence-electron chi connectivity index (χ3n) is 2.42. The second-order valence-corrected chi connectivity index (χ2v) is 4.91. The maximum Gasteiger partial charge on any atom is 0.318 e. The van der Waals surface area contributed by atoms with E-state index in [-0.39, 0.29) is 0 Å². The van der Waals surface area contributed by atoms with Crippen molar-refractivity contribution in [3.8, 4) is 0 Å². The Labute approximate surface area is 114 Å². The molecule has 0 radical (unpaired) electrons. The minimum Gasteiger partial charge on any atom is -0.407 e. The molecule has 0 aliphatic heterocycles. The Balaban J connectivity index is 2.04. The number of nitrogens with one attached hydrogen (secondary N) is 1. The first kappa shape index (κ1) is 13.0. The van der Waals surface area contributed by atoms with Crippen molar-refractivity contribution in [2.45, 2.75) is 13.1 Å². The first-order valence-corrected chi connectivity index (χ1v) is 6.41. The number of aromatic nitrogens is 2. The van der Waals surface area contributed by atoms with E-state index < -0.39 is 0 Å². The van der Waals surface area contributed by atoms with E-state index >= 15 is 0 Å².